The largest absolute Gasteiger partial charge is 0.381 e. The molecule has 150 valence electrons. The first-order valence-corrected chi connectivity index (χ1v) is 10.1. The molecule has 0 heterocycles. The van der Waals surface area contributed by atoms with Crippen molar-refractivity contribution in [1.82, 2.24) is 10.6 Å². The third kappa shape index (κ3) is 9.90. The third-order valence-corrected chi connectivity index (χ3v) is 4.75. The Morgan fingerprint density at radius 2 is 1.73 bits per heavy atom. The average molecular weight is 369 g/mol. The first-order valence-electron chi connectivity index (χ1n) is 10.1. The summed E-state index contributed by atoms with van der Waals surface area (Å²) in [5.74, 6) is 1.00. The molecule has 1 aliphatic carbocycles. The molecule has 0 radical (unpaired) electrons. The Morgan fingerprint density at radius 1 is 1.04 bits per heavy atom. The van der Waals surface area contributed by atoms with Gasteiger partial charge in [0.05, 0.1) is 6.61 Å². The van der Waals surface area contributed by atoms with Crippen LogP contribution in [0.4, 0.5) is 0 Å². The van der Waals surface area contributed by atoms with Crippen molar-refractivity contribution in [3.63, 3.8) is 0 Å². The van der Waals surface area contributed by atoms with Crippen molar-refractivity contribution in [3.8, 4) is 0 Å². The van der Waals surface area contributed by atoms with Crippen molar-refractivity contribution in [3.05, 3.63) is 0 Å². The molecule has 2 amide bonds. The summed E-state index contributed by atoms with van der Waals surface area (Å²) in [7, 11) is 0. The number of Topliss-reactive ketones (excluding diaryl/α,β-unsaturated/α-hetero) is 1. The van der Waals surface area contributed by atoms with Gasteiger partial charge < -0.3 is 15.4 Å². The molecule has 0 saturated heterocycles. The molecule has 0 atom stereocenters. The minimum atomic E-state index is 0.0144. The van der Waals surface area contributed by atoms with Gasteiger partial charge in [0.15, 0.2) is 0 Å². The van der Waals surface area contributed by atoms with E-state index in [4.69, 9.17) is 4.74 Å². The number of hydrogen-bond donors (Lipinski definition) is 2. The van der Waals surface area contributed by atoms with Crippen LogP contribution in [-0.4, -0.2) is 43.4 Å². The van der Waals surface area contributed by atoms with Crippen molar-refractivity contribution in [1.29, 1.82) is 0 Å². The van der Waals surface area contributed by atoms with Crippen molar-refractivity contribution >= 4 is 17.6 Å². The van der Waals surface area contributed by atoms with E-state index in [2.05, 4.69) is 10.6 Å². The molecular weight excluding hydrogens is 332 g/mol. The molecule has 0 bridgehead atoms. The second-order valence-electron chi connectivity index (χ2n) is 7.60. The Kier molecular flexibility index (Phi) is 11.2. The van der Waals surface area contributed by atoms with Crippen molar-refractivity contribution in [2.45, 2.75) is 78.2 Å². The Morgan fingerprint density at radius 3 is 2.35 bits per heavy atom. The standard InChI is InChI=1S/C20H36N2O4/c1-4-18(23)16-6-8-17(9-7-16)22-19(24)10-13-26-12-5-11-21-20(25)14-15(2)3/h15-17H,4-14H2,1-3H3,(H,21,25)(H,22,24). The zero-order valence-electron chi connectivity index (χ0n) is 16.6. The van der Waals surface area contributed by atoms with Crippen molar-refractivity contribution in [2.75, 3.05) is 19.8 Å². The molecule has 1 aliphatic rings. The summed E-state index contributed by atoms with van der Waals surface area (Å²) in [5, 5.41) is 5.91. The molecule has 26 heavy (non-hydrogen) atoms. The Bertz CT molecular complexity index is 443. The lowest BCUT2D eigenvalue weighted by Gasteiger charge is -2.28. The molecule has 6 nitrogen and oxygen atoms in total. The maximum atomic E-state index is 11.9. The van der Waals surface area contributed by atoms with E-state index in [9.17, 15) is 14.4 Å². The van der Waals surface area contributed by atoms with Gasteiger partial charge in [-0.25, -0.2) is 0 Å². The molecule has 6 heteroatoms. The number of carbonyl (C=O) groups is 3. The summed E-state index contributed by atoms with van der Waals surface area (Å²) in [6, 6.07) is 0.194. The monoisotopic (exact) mass is 368 g/mol. The number of ether oxygens (including phenoxy) is 1. The summed E-state index contributed by atoms with van der Waals surface area (Å²) in [6.45, 7) is 7.50. The number of nitrogens with one attached hydrogen (secondary N) is 2. The molecule has 2 N–H and O–H groups in total. The maximum absolute atomic E-state index is 11.9. The minimum absolute atomic E-state index is 0.0144. The highest BCUT2D eigenvalue weighted by Gasteiger charge is 2.25. The number of carbonyl (C=O) groups excluding carboxylic acids is 3. The summed E-state index contributed by atoms with van der Waals surface area (Å²) in [6.07, 6.45) is 5.82. The fourth-order valence-corrected chi connectivity index (χ4v) is 3.26. The van der Waals surface area contributed by atoms with E-state index in [1.165, 1.54) is 0 Å². The van der Waals surface area contributed by atoms with Gasteiger partial charge in [-0.1, -0.05) is 20.8 Å². The van der Waals surface area contributed by atoms with Gasteiger partial charge in [0.25, 0.3) is 0 Å². The van der Waals surface area contributed by atoms with Crippen LogP contribution in [0.25, 0.3) is 0 Å². The number of ketones is 1. The Hall–Kier alpha value is -1.43. The van der Waals surface area contributed by atoms with Gasteiger partial charge >= 0.3 is 0 Å². The number of hydrogen-bond acceptors (Lipinski definition) is 4. The van der Waals surface area contributed by atoms with Gasteiger partial charge in [0.1, 0.15) is 5.78 Å². The van der Waals surface area contributed by atoms with Crippen LogP contribution >= 0.6 is 0 Å². The lowest BCUT2D eigenvalue weighted by Crippen LogP contribution is -2.39. The lowest BCUT2D eigenvalue weighted by molar-refractivity contribution is -0.124. The maximum Gasteiger partial charge on any atom is 0.222 e. The molecule has 1 fully saturated rings. The molecule has 0 aromatic rings. The third-order valence-electron chi connectivity index (χ3n) is 4.75. The van der Waals surface area contributed by atoms with Crippen molar-refractivity contribution < 1.29 is 19.1 Å². The van der Waals surface area contributed by atoms with E-state index in [0.29, 0.717) is 50.7 Å². The highest BCUT2D eigenvalue weighted by atomic mass is 16.5. The summed E-state index contributed by atoms with van der Waals surface area (Å²) >= 11 is 0. The highest BCUT2D eigenvalue weighted by Crippen LogP contribution is 2.25. The molecule has 0 aliphatic heterocycles. The van der Waals surface area contributed by atoms with E-state index in [1.807, 2.05) is 20.8 Å². The molecule has 0 aromatic heterocycles. The van der Waals surface area contributed by atoms with Gasteiger partial charge in [0, 0.05) is 44.4 Å². The minimum Gasteiger partial charge on any atom is -0.381 e. The molecule has 0 spiro atoms. The Labute approximate surface area is 157 Å². The van der Waals surface area contributed by atoms with E-state index in [-0.39, 0.29) is 23.8 Å². The number of amides is 2. The van der Waals surface area contributed by atoms with Crippen LogP contribution in [0.3, 0.4) is 0 Å². The van der Waals surface area contributed by atoms with Gasteiger partial charge in [-0.15, -0.1) is 0 Å². The molecule has 1 saturated carbocycles. The van der Waals surface area contributed by atoms with Crippen LogP contribution in [0.1, 0.15) is 72.1 Å². The van der Waals surface area contributed by atoms with Crippen LogP contribution in [-0.2, 0) is 19.1 Å². The van der Waals surface area contributed by atoms with Gasteiger partial charge in [-0.05, 0) is 38.0 Å². The fourth-order valence-electron chi connectivity index (χ4n) is 3.26. The quantitative estimate of drug-likeness (QED) is 0.519. The SMILES string of the molecule is CCC(=O)C1CCC(NC(=O)CCOCCCNC(=O)CC(C)C)CC1. The van der Waals surface area contributed by atoms with E-state index < -0.39 is 0 Å². The topological polar surface area (TPSA) is 84.5 Å². The van der Waals surface area contributed by atoms with E-state index in [0.717, 1.165) is 32.1 Å². The predicted molar refractivity (Wildman–Crippen MR) is 102 cm³/mol. The van der Waals surface area contributed by atoms with Crippen LogP contribution < -0.4 is 10.6 Å². The second-order valence-corrected chi connectivity index (χ2v) is 7.60. The average Bonchev–Trinajstić information content (AvgIpc) is 2.60. The summed E-state index contributed by atoms with van der Waals surface area (Å²) in [5.41, 5.74) is 0. The molecular formula is C20H36N2O4. The van der Waals surface area contributed by atoms with Crippen LogP contribution in [0.5, 0.6) is 0 Å². The first kappa shape index (κ1) is 22.6. The van der Waals surface area contributed by atoms with Crippen LogP contribution in [0, 0.1) is 11.8 Å². The van der Waals surface area contributed by atoms with Gasteiger partial charge in [-0.3, -0.25) is 14.4 Å². The van der Waals surface area contributed by atoms with Gasteiger partial charge in [-0.2, -0.15) is 0 Å². The van der Waals surface area contributed by atoms with E-state index in [1.54, 1.807) is 0 Å². The van der Waals surface area contributed by atoms with Crippen LogP contribution in [0.2, 0.25) is 0 Å². The fraction of sp³-hybridized carbons (Fsp3) is 0.850. The van der Waals surface area contributed by atoms with Crippen LogP contribution in [0.15, 0.2) is 0 Å². The lowest BCUT2D eigenvalue weighted by atomic mass is 9.83. The highest BCUT2D eigenvalue weighted by molar-refractivity contribution is 5.81. The summed E-state index contributed by atoms with van der Waals surface area (Å²) in [4.78, 5) is 35.1. The van der Waals surface area contributed by atoms with E-state index >= 15 is 0 Å². The Balaban J connectivity index is 1.99. The zero-order chi connectivity index (χ0) is 19.4. The normalized spacial score (nSPS) is 20.0. The zero-order valence-corrected chi connectivity index (χ0v) is 16.6. The second kappa shape index (κ2) is 12.8. The first-order chi connectivity index (χ1) is 12.4. The molecule has 0 unspecified atom stereocenters. The number of rotatable bonds is 12. The molecule has 0 aromatic carbocycles. The van der Waals surface area contributed by atoms with Crippen molar-refractivity contribution in [2.24, 2.45) is 11.8 Å². The van der Waals surface area contributed by atoms with Gasteiger partial charge in [0.2, 0.25) is 11.8 Å². The smallest absolute Gasteiger partial charge is 0.222 e. The summed E-state index contributed by atoms with van der Waals surface area (Å²) < 4.78 is 5.46. The predicted octanol–water partition coefficient (Wildman–Crippen LogP) is 2.60. The molecule has 1 rings (SSSR count).